The average Bonchev–Trinajstić information content (AvgIpc) is 3.11. The van der Waals surface area contributed by atoms with Gasteiger partial charge in [-0.1, -0.05) is 36.4 Å². The molecule has 9 heteroatoms. The number of carbonyl (C=O) groups excluding carboxylic acids is 4. The fourth-order valence-electron chi connectivity index (χ4n) is 6.54. The van der Waals surface area contributed by atoms with Gasteiger partial charge in [-0.3, -0.25) is 34.1 Å². The minimum absolute atomic E-state index is 0.0415. The molecule has 0 spiro atoms. The number of rotatable bonds is 2. The number of aromatic nitrogens is 5. The molecule has 0 saturated heterocycles. The van der Waals surface area contributed by atoms with Crippen molar-refractivity contribution in [3.05, 3.63) is 149 Å². The van der Waals surface area contributed by atoms with Crippen molar-refractivity contribution in [3.63, 3.8) is 0 Å². The van der Waals surface area contributed by atoms with Crippen molar-refractivity contribution in [3.8, 4) is 22.3 Å². The number of hydrogen-bond donors (Lipinski definition) is 0. The lowest BCUT2D eigenvalue weighted by atomic mass is 9.82. The van der Waals surface area contributed by atoms with Gasteiger partial charge in [0.15, 0.2) is 0 Å². The van der Waals surface area contributed by atoms with E-state index < -0.39 is 23.1 Å². The Labute approximate surface area is 259 Å². The maximum absolute atomic E-state index is 14.0. The molecule has 2 aromatic carbocycles. The van der Waals surface area contributed by atoms with Gasteiger partial charge >= 0.3 is 0 Å². The van der Waals surface area contributed by atoms with E-state index in [4.69, 9.17) is 0 Å². The highest BCUT2D eigenvalue weighted by Gasteiger charge is 2.37. The maximum atomic E-state index is 14.0. The van der Waals surface area contributed by atoms with E-state index >= 15 is 0 Å². The molecule has 9 rings (SSSR count). The number of pyridine rings is 5. The Morgan fingerprint density at radius 2 is 0.891 bits per heavy atom. The smallest absolute Gasteiger partial charge is 0.215 e. The normalized spacial score (nSPS) is 13.4. The first-order valence-corrected chi connectivity index (χ1v) is 14.4. The maximum Gasteiger partial charge on any atom is 0.215 e. The van der Waals surface area contributed by atoms with Crippen LogP contribution in [0.2, 0.25) is 0 Å². The summed E-state index contributed by atoms with van der Waals surface area (Å²) in [5, 5.41) is 1.29. The number of fused-ring (bicyclic) bond motifs is 6. The second kappa shape index (κ2) is 9.44. The van der Waals surface area contributed by atoms with Gasteiger partial charge < -0.3 is 0 Å². The van der Waals surface area contributed by atoms with Crippen LogP contribution in [0.4, 0.5) is 0 Å². The van der Waals surface area contributed by atoms with Crippen molar-refractivity contribution in [1.82, 2.24) is 24.9 Å². The number of ketones is 4. The Morgan fingerprint density at radius 3 is 1.37 bits per heavy atom. The van der Waals surface area contributed by atoms with Gasteiger partial charge in [-0.25, -0.2) is 9.97 Å². The summed E-state index contributed by atoms with van der Waals surface area (Å²) in [7, 11) is 0. The Kier molecular flexibility index (Phi) is 5.31. The molecule has 5 aromatic heterocycles. The van der Waals surface area contributed by atoms with E-state index in [-0.39, 0.29) is 45.0 Å². The summed E-state index contributed by atoms with van der Waals surface area (Å²) in [6.07, 6.45) is 6.18. The SMILES string of the molecule is O=C1c2cccnc2C(=O)c2c1nc1ccccc1c2-c1cncc(-c2c3c(nc4ccccc24)C(=O)c2cccnc2C3=O)c1. The molecule has 0 unspecified atom stereocenters. The zero-order chi connectivity index (χ0) is 31.1. The molecule has 0 amide bonds. The summed E-state index contributed by atoms with van der Waals surface area (Å²) in [5.41, 5.74) is 3.96. The summed E-state index contributed by atoms with van der Waals surface area (Å²) in [6.45, 7) is 0. The Hall–Kier alpha value is -6.61. The van der Waals surface area contributed by atoms with E-state index in [9.17, 15) is 19.2 Å². The number of hydrogen-bond acceptors (Lipinski definition) is 9. The highest BCUT2D eigenvalue weighted by molar-refractivity contribution is 6.32. The first-order chi connectivity index (χ1) is 22.5. The monoisotopic (exact) mass is 595 g/mol. The van der Waals surface area contributed by atoms with Crippen LogP contribution < -0.4 is 0 Å². The van der Waals surface area contributed by atoms with Gasteiger partial charge in [0.2, 0.25) is 23.1 Å². The summed E-state index contributed by atoms with van der Waals surface area (Å²) in [4.78, 5) is 77.8. The van der Waals surface area contributed by atoms with E-state index in [1.165, 1.54) is 12.4 Å². The van der Waals surface area contributed by atoms with Crippen LogP contribution in [0.25, 0.3) is 44.1 Å². The van der Waals surface area contributed by atoms with E-state index in [2.05, 4.69) is 24.9 Å². The average molecular weight is 596 g/mol. The molecule has 0 saturated carbocycles. The number of para-hydroxylation sites is 2. The molecular weight excluding hydrogens is 578 g/mol. The summed E-state index contributed by atoms with van der Waals surface area (Å²) >= 11 is 0. The van der Waals surface area contributed by atoms with Crippen LogP contribution in [0.15, 0.2) is 104 Å². The number of nitrogens with zero attached hydrogens (tertiary/aromatic N) is 5. The molecule has 0 bridgehead atoms. The molecule has 9 nitrogen and oxygen atoms in total. The first kappa shape index (κ1) is 25.8. The van der Waals surface area contributed by atoms with Crippen LogP contribution in [0.1, 0.15) is 64.2 Å². The summed E-state index contributed by atoms with van der Waals surface area (Å²) in [6, 6.07) is 22.7. The van der Waals surface area contributed by atoms with Gasteiger partial charge in [-0.2, -0.15) is 0 Å². The predicted molar refractivity (Wildman–Crippen MR) is 168 cm³/mol. The molecule has 2 aliphatic rings. The van der Waals surface area contributed by atoms with Crippen molar-refractivity contribution < 1.29 is 19.2 Å². The second-order valence-electron chi connectivity index (χ2n) is 11.0. The lowest BCUT2D eigenvalue weighted by Gasteiger charge is -2.22. The fourth-order valence-corrected chi connectivity index (χ4v) is 6.54. The molecule has 0 aliphatic heterocycles. The molecule has 214 valence electrons. The standard InChI is InChI=1S/C37H17N5O4/c43-34-22-9-5-13-39-30(22)36(45)28-26(20-7-1-3-11-24(20)41-32(28)34)18-15-19(17-38-16-18)27-21-8-2-4-12-25(21)42-33-29(27)37(46)31-23(35(33)44)10-6-14-40-31/h1-17H. The van der Waals surface area contributed by atoms with Crippen molar-refractivity contribution in [2.45, 2.75) is 0 Å². The number of carbonyl (C=O) groups is 4. The zero-order valence-corrected chi connectivity index (χ0v) is 23.7. The number of benzene rings is 2. The molecular formula is C37H17N5O4. The lowest BCUT2D eigenvalue weighted by molar-refractivity contribution is 0.0972. The quantitative estimate of drug-likeness (QED) is 0.241. The van der Waals surface area contributed by atoms with Crippen molar-refractivity contribution in [1.29, 1.82) is 0 Å². The lowest BCUT2D eigenvalue weighted by Crippen LogP contribution is -2.25. The van der Waals surface area contributed by atoms with Crippen LogP contribution in [-0.4, -0.2) is 48.1 Å². The fraction of sp³-hybridized carbons (Fsp3) is 0. The minimum Gasteiger partial charge on any atom is -0.287 e. The van der Waals surface area contributed by atoms with Crippen LogP contribution in [0.3, 0.4) is 0 Å². The van der Waals surface area contributed by atoms with Crippen LogP contribution >= 0.6 is 0 Å². The van der Waals surface area contributed by atoms with Gasteiger partial charge in [-0.15, -0.1) is 0 Å². The Bertz CT molecular complexity index is 2400. The van der Waals surface area contributed by atoms with Gasteiger partial charge in [0.05, 0.1) is 33.3 Å². The van der Waals surface area contributed by atoms with E-state index in [0.29, 0.717) is 44.1 Å². The zero-order valence-electron chi connectivity index (χ0n) is 23.7. The van der Waals surface area contributed by atoms with Gasteiger partial charge in [0, 0.05) is 57.8 Å². The van der Waals surface area contributed by atoms with Crippen LogP contribution in [0, 0.1) is 0 Å². The summed E-state index contributed by atoms with van der Waals surface area (Å²) < 4.78 is 0. The molecule has 5 heterocycles. The predicted octanol–water partition coefficient (Wildman–Crippen LogP) is 5.85. The molecule has 2 aliphatic carbocycles. The van der Waals surface area contributed by atoms with Crippen LogP contribution in [0.5, 0.6) is 0 Å². The third-order valence-corrected chi connectivity index (χ3v) is 8.52. The van der Waals surface area contributed by atoms with Crippen molar-refractivity contribution >= 4 is 44.9 Å². The van der Waals surface area contributed by atoms with Crippen molar-refractivity contribution in [2.75, 3.05) is 0 Å². The van der Waals surface area contributed by atoms with Gasteiger partial charge in [0.1, 0.15) is 22.8 Å². The van der Waals surface area contributed by atoms with E-state index in [0.717, 1.165) is 0 Å². The molecule has 46 heavy (non-hydrogen) atoms. The van der Waals surface area contributed by atoms with E-state index in [1.54, 1.807) is 48.8 Å². The highest BCUT2D eigenvalue weighted by Crippen LogP contribution is 2.42. The van der Waals surface area contributed by atoms with Crippen molar-refractivity contribution in [2.24, 2.45) is 0 Å². The third-order valence-electron chi connectivity index (χ3n) is 8.52. The Balaban J connectivity index is 1.35. The van der Waals surface area contributed by atoms with Gasteiger partial charge in [-0.05, 0) is 42.5 Å². The second-order valence-corrected chi connectivity index (χ2v) is 11.0. The molecule has 0 fully saturated rings. The van der Waals surface area contributed by atoms with E-state index in [1.807, 2.05) is 42.5 Å². The largest absolute Gasteiger partial charge is 0.287 e. The summed E-state index contributed by atoms with van der Waals surface area (Å²) in [5.74, 6) is -1.62. The molecule has 7 aromatic rings. The van der Waals surface area contributed by atoms with Gasteiger partial charge in [0.25, 0.3) is 0 Å². The Morgan fingerprint density at radius 1 is 0.435 bits per heavy atom. The first-order valence-electron chi connectivity index (χ1n) is 14.4. The highest BCUT2D eigenvalue weighted by atomic mass is 16.1. The molecule has 0 atom stereocenters. The third kappa shape index (κ3) is 3.47. The topological polar surface area (TPSA) is 133 Å². The molecule has 0 radical (unpaired) electrons. The minimum atomic E-state index is -0.418. The molecule has 0 N–H and O–H groups in total. The van der Waals surface area contributed by atoms with Crippen LogP contribution in [-0.2, 0) is 0 Å².